The van der Waals surface area contributed by atoms with E-state index in [1.54, 1.807) is 6.20 Å². The number of aliphatic carboxylic acids is 1. The third-order valence-electron chi connectivity index (χ3n) is 2.72. The molecule has 1 aliphatic rings. The second kappa shape index (κ2) is 3.18. The van der Waals surface area contributed by atoms with Crippen molar-refractivity contribution in [3.63, 3.8) is 0 Å². The highest BCUT2D eigenvalue weighted by Crippen LogP contribution is 2.38. The predicted molar refractivity (Wildman–Crippen MR) is 54.7 cm³/mol. The number of rotatable bonds is 3. The van der Waals surface area contributed by atoms with Gasteiger partial charge in [0.15, 0.2) is 0 Å². The van der Waals surface area contributed by atoms with Gasteiger partial charge in [-0.25, -0.2) is 9.78 Å². The Kier molecular flexibility index (Phi) is 2.10. The van der Waals surface area contributed by atoms with Gasteiger partial charge < -0.3 is 10.4 Å². The van der Waals surface area contributed by atoms with Gasteiger partial charge in [-0.3, -0.25) is 4.98 Å². The molecule has 1 fully saturated rings. The van der Waals surface area contributed by atoms with Gasteiger partial charge in [-0.05, 0) is 26.7 Å². The van der Waals surface area contributed by atoms with Gasteiger partial charge in [-0.2, -0.15) is 0 Å². The quantitative estimate of drug-likeness (QED) is 0.776. The first-order valence-electron chi connectivity index (χ1n) is 4.85. The fourth-order valence-corrected chi connectivity index (χ4v) is 1.36. The van der Waals surface area contributed by atoms with E-state index in [0.29, 0.717) is 18.7 Å². The maximum absolute atomic E-state index is 10.9. The Balaban J connectivity index is 2.18. The van der Waals surface area contributed by atoms with Gasteiger partial charge >= 0.3 is 5.97 Å². The average Bonchev–Trinajstić information content (AvgIpc) is 2.93. The zero-order chi connectivity index (χ0) is 11.1. The van der Waals surface area contributed by atoms with Crippen LogP contribution in [0.4, 0.5) is 5.82 Å². The van der Waals surface area contributed by atoms with Crippen LogP contribution in [0.1, 0.15) is 24.2 Å². The lowest BCUT2D eigenvalue weighted by molar-refractivity contribution is -0.138. The van der Waals surface area contributed by atoms with Crippen molar-refractivity contribution < 1.29 is 9.90 Å². The minimum atomic E-state index is -0.817. The predicted octanol–water partition coefficient (Wildman–Crippen LogP) is 1.12. The Bertz CT molecular complexity index is 413. The molecule has 2 rings (SSSR count). The molecule has 2 N–H and O–H groups in total. The number of aromatic nitrogens is 2. The van der Waals surface area contributed by atoms with Gasteiger partial charge in [0.2, 0.25) is 0 Å². The smallest absolute Gasteiger partial charge is 0.329 e. The molecule has 0 unspecified atom stereocenters. The summed E-state index contributed by atoms with van der Waals surface area (Å²) in [4.78, 5) is 19.3. The third kappa shape index (κ3) is 1.77. The van der Waals surface area contributed by atoms with Crippen molar-refractivity contribution in [3.05, 3.63) is 17.6 Å². The highest BCUT2D eigenvalue weighted by molar-refractivity contribution is 5.85. The van der Waals surface area contributed by atoms with Crippen LogP contribution in [0.15, 0.2) is 6.20 Å². The van der Waals surface area contributed by atoms with Gasteiger partial charge in [0, 0.05) is 0 Å². The van der Waals surface area contributed by atoms with E-state index in [-0.39, 0.29) is 0 Å². The van der Waals surface area contributed by atoms with Crippen LogP contribution >= 0.6 is 0 Å². The van der Waals surface area contributed by atoms with E-state index in [0.717, 1.165) is 11.4 Å². The molecule has 0 spiro atoms. The number of carbonyl (C=O) groups is 1. The second-order valence-corrected chi connectivity index (χ2v) is 3.94. The van der Waals surface area contributed by atoms with E-state index in [4.69, 9.17) is 5.11 Å². The lowest BCUT2D eigenvalue weighted by atomic mass is 10.3. The molecule has 0 aliphatic heterocycles. The van der Waals surface area contributed by atoms with Gasteiger partial charge in [-0.1, -0.05) is 0 Å². The normalized spacial score (nSPS) is 17.2. The SMILES string of the molecule is Cc1ncc(NC2(C(=O)O)CC2)nc1C. The number of nitrogens with one attached hydrogen (secondary N) is 1. The zero-order valence-electron chi connectivity index (χ0n) is 8.74. The molecular formula is C10H13N3O2. The molecule has 15 heavy (non-hydrogen) atoms. The van der Waals surface area contributed by atoms with Crippen LogP contribution in [0.3, 0.4) is 0 Å². The summed E-state index contributed by atoms with van der Waals surface area (Å²) >= 11 is 0. The van der Waals surface area contributed by atoms with Gasteiger partial charge in [0.25, 0.3) is 0 Å². The monoisotopic (exact) mass is 207 g/mol. The zero-order valence-corrected chi connectivity index (χ0v) is 8.74. The Hall–Kier alpha value is -1.65. The summed E-state index contributed by atoms with van der Waals surface area (Å²) in [6.07, 6.45) is 2.87. The molecule has 0 atom stereocenters. The molecule has 1 heterocycles. The first-order valence-corrected chi connectivity index (χ1v) is 4.85. The van der Waals surface area contributed by atoms with Crippen molar-refractivity contribution in [3.8, 4) is 0 Å². The van der Waals surface area contributed by atoms with Crippen LogP contribution in [-0.4, -0.2) is 26.6 Å². The van der Waals surface area contributed by atoms with Crippen molar-refractivity contribution in [2.24, 2.45) is 0 Å². The Morgan fingerprint density at radius 3 is 2.60 bits per heavy atom. The molecule has 1 aromatic rings. The summed E-state index contributed by atoms with van der Waals surface area (Å²) in [5.41, 5.74) is 0.887. The molecule has 1 saturated carbocycles. The minimum Gasteiger partial charge on any atom is -0.480 e. The third-order valence-corrected chi connectivity index (χ3v) is 2.72. The van der Waals surface area contributed by atoms with Crippen LogP contribution in [0.25, 0.3) is 0 Å². The fraction of sp³-hybridized carbons (Fsp3) is 0.500. The maximum atomic E-state index is 10.9. The maximum Gasteiger partial charge on any atom is 0.329 e. The van der Waals surface area contributed by atoms with Crippen LogP contribution in [0.5, 0.6) is 0 Å². The topological polar surface area (TPSA) is 75.1 Å². The van der Waals surface area contributed by atoms with Crippen molar-refractivity contribution in [2.75, 3.05) is 5.32 Å². The minimum absolute atomic E-state index is 0.540. The Morgan fingerprint density at radius 2 is 2.13 bits per heavy atom. The molecule has 80 valence electrons. The van der Waals surface area contributed by atoms with Crippen molar-refractivity contribution in [1.29, 1.82) is 0 Å². The number of carboxylic acids is 1. The molecule has 1 aromatic heterocycles. The van der Waals surface area contributed by atoms with Gasteiger partial charge in [0.1, 0.15) is 11.4 Å². The second-order valence-electron chi connectivity index (χ2n) is 3.94. The molecule has 0 saturated heterocycles. The lowest BCUT2D eigenvalue weighted by Gasteiger charge is -2.13. The molecule has 0 aromatic carbocycles. The number of aryl methyl sites for hydroxylation is 2. The summed E-state index contributed by atoms with van der Waals surface area (Å²) in [5, 5.41) is 11.9. The first kappa shape index (κ1) is 9.89. The highest BCUT2D eigenvalue weighted by atomic mass is 16.4. The molecule has 0 amide bonds. The number of carboxylic acid groups (broad SMARTS) is 1. The van der Waals surface area contributed by atoms with Crippen LogP contribution < -0.4 is 5.32 Å². The molecule has 5 nitrogen and oxygen atoms in total. The summed E-state index contributed by atoms with van der Waals surface area (Å²) in [5.74, 6) is -0.277. The van der Waals surface area contributed by atoms with Gasteiger partial charge in [-0.15, -0.1) is 0 Å². The fourth-order valence-electron chi connectivity index (χ4n) is 1.36. The van der Waals surface area contributed by atoms with Crippen molar-refractivity contribution >= 4 is 11.8 Å². The largest absolute Gasteiger partial charge is 0.480 e. The van der Waals surface area contributed by atoms with E-state index < -0.39 is 11.5 Å². The Morgan fingerprint density at radius 1 is 1.47 bits per heavy atom. The summed E-state index contributed by atoms with van der Waals surface area (Å²) < 4.78 is 0. The summed E-state index contributed by atoms with van der Waals surface area (Å²) in [6, 6.07) is 0. The summed E-state index contributed by atoms with van der Waals surface area (Å²) in [7, 11) is 0. The molecule has 5 heteroatoms. The van der Waals surface area contributed by atoms with Crippen molar-refractivity contribution in [2.45, 2.75) is 32.2 Å². The molecular weight excluding hydrogens is 194 g/mol. The number of hydrogen-bond donors (Lipinski definition) is 2. The Labute approximate surface area is 87.6 Å². The average molecular weight is 207 g/mol. The van der Waals surface area contributed by atoms with Crippen LogP contribution in [-0.2, 0) is 4.79 Å². The number of anilines is 1. The highest BCUT2D eigenvalue weighted by Gasteiger charge is 2.50. The lowest BCUT2D eigenvalue weighted by Crippen LogP contribution is -2.31. The first-order chi connectivity index (χ1) is 7.03. The van der Waals surface area contributed by atoms with E-state index in [9.17, 15) is 4.79 Å². The van der Waals surface area contributed by atoms with E-state index >= 15 is 0 Å². The molecule has 0 bridgehead atoms. The molecule has 0 radical (unpaired) electrons. The van der Waals surface area contributed by atoms with Crippen molar-refractivity contribution in [1.82, 2.24) is 9.97 Å². The number of nitrogens with zero attached hydrogens (tertiary/aromatic N) is 2. The van der Waals surface area contributed by atoms with Crippen LogP contribution in [0, 0.1) is 13.8 Å². The van der Waals surface area contributed by atoms with E-state index in [1.165, 1.54) is 0 Å². The van der Waals surface area contributed by atoms with E-state index in [1.807, 2.05) is 13.8 Å². The van der Waals surface area contributed by atoms with E-state index in [2.05, 4.69) is 15.3 Å². The standard InChI is InChI=1S/C10H13N3O2/c1-6-7(2)12-8(5-11-6)13-10(3-4-10)9(14)15/h5H,3-4H2,1-2H3,(H,12,13)(H,14,15). The molecule has 1 aliphatic carbocycles. The summed E-state index contributed by atoms with van der Waals surface area (Å²) in [6.45, 7) is 3.73. The van der Waals surface area contributed by atoms with Gasteiger partial charge in [0.05, 0.1) is 17.6 Å². The van der Waals surface area contributed by atoms with Crippen LogP contribution in [0.2, 0.25) is 0 Å². The number of hydrogen-bond acceptors (Lipinski definition) is 4.